The Morgan fingerprint density at radius 3 is 2.58 bits per heavy atom. The summed E-state index contributed by atoms with van der Waals surface area (Å²) in [5.74, 6) is 0.610. The van der Waals surface area contributed by atoms with E-state index in [1.54, 1.807) is 30.3 Å². The smallest absolute Gasteiger partial charge is 0.311 e. The number of ether oxygens (including phenoxy) is 2. The van der Waals surface area contributed by atoms with Crippen LogP contribution in [0.4, 0.5) is 11.4 Å². The molecule has 0 saturated heterocycles. The quantitative estimate of drug-likeness (QED) is 0.0818. The van der Waals surface area contributed by atoms with Gasteiger partial charge in [-0.25, -0.2) is 0 Å². The normalized spacial score (nSPS) is 12.1. The Bertz CT molecular complexity index is 1710. The maximum Gasteiger partial charge on any atom is 0.311 e. The number of rotatable bonds is 11. The van der Waals surface area contributed by atoms with E-state index in [0.717, 1.165) is 27.5 Å². The van der Waals surface area contributed by atoms with Crippen molar-refractivity contribution >= 4 is 45.0 Å². The number of nitro groups is 1. The Balaban J connectivity index is 1.15. The molecule has 1 aromatic heterocycles. The van der Waals surface area contributed by atoms with Crippen molar-refractivity contribution in [3.63, 3.8) is 0 Å². The third-order valence-corrected chi connectivity index (χ3v) is 6.46. The highest BCUT2D eigenvalue weighted by molar-refractivity contribution is 6.10. The van der Waals surface area contributed by atoms with Crippen molar-refractivity contribution in [1.82, 2.24) is 4.98 Å². The number of aliphatic hydroxyl groups excluding tert-OH is 1. The number of aliphatic hydroxyl groups is 1. The van der Waals surface area contributed by atoms with Gasteiger partial charge in [0.15, 0.2) is 11.5 Å². The highest BCUT2D eigenvalue weighted by Crippen LogP contribution is 2.33. The summed E-state index contributed by atoms with van der Waals surface area (Å²) in [6.07, 6.45) is 2.12. The fraction of sp³-hybridized carbons (Fsp3) is 0.129. The van der Waals surface area contributed by atoms with Crippen LogP contribution in [0.1, 0.15) is 15.9 Å². The number of hydrogen-bond donors (Lipinski definition) is 3. The topological polar surface area (TPSA) is 127 Å². The second-order valence-corrected chi connectivity index (χ2v) is 9.16. The number of hydrogen-bond acceptors (Lipinski definition) is 7. The Labute approximate surface area is 229 Å². The predicted octanol–water partition coefficient (Wildman–Crippen LogP) is 5.99. The first-order valence-corrected chi connectivity index (χ1v) is 12.6. The molecule has 5 rings (SSSR count). The van der Waals surface area contributed by atoms with Crippen LogP contribution in [0.5, 0.6) is 11.5 Å². The van der Waals surface area contributed by atoms with Crippen LogP contribution in [0.3, 0.4) is 0 Å². The van der Waals surface area contributed by atoms with E-state index in [4.69, 9.17) is 9.47 Å². The van der Waals surface area contributed by atoms with Gasteiger partial charge in [-0.1, -0.05) is 36.4 Å². The molecule has 0 aliphatic carbocycles. The summed E-state index contributed by atoms with van der Waals surface area (Å²) in [6.45, 7) is 0.365. The number of methoxy groups -OCH3 is 1. The van der Waals surface area contributed by atoms with Crippen molar-refractivity contribution < 1.29 is 24.3 Å². The van der Waals surface area contributed by atoms with Crippen LogP contribution < -0.4 is 14.8 Å². The number of fused-ring (bicyclic) bond motifs is 3. The zero-order valence-electron chi connectivity index (χ0n) is 21.7. The number of ketones is 1. The summed E-state index contributed by atoms with van der Waals surface area (Å²) in [5.41, 5.74) is 3.54. The van der Waals surface area contributed by atoms with E-state index in [-0.39, 0.29) is 30.4 Å². The van der Waals surface area contributed by atoms with E-state index < -0.39 is 11.0 Å². The van der Waals surface area contributed by atoms with Crippen molar-refractivity contribution in [1.29, 1.82) is 0 Å². The molecule has 0 radical (unpaired) electrons. The largest absolute Gasteiger partial charge is 0.490 e. The molecule has 1 atom stereocenters. The highest BCUT2D eigenvalue weighted by Gasteiger charge is 2.15. The molecule has 0 saturated carbocycles. The van der Waals surface area contributed by atoms with Gasteiger partial charge in [0.25, 0.3) is 0 Å². The van der Waals surface area contributed by atoms with Crippen LogP contribution in [0.25, 0.3) is 27.9 Å². The SMILES string of the molecule is COc1ccc(/C=C/C(=O)c2ccc(NCC(O)COc3cccc4[nH]c5ccccc5c34)cc2)cc1[N+](=O)[O-]. The number of H-pyrrole nitrogens is 1. The molecule has 5 aromatic rings. The lowest BCUT2D eigenvalue weighted by Crippen LogP contribution is -2.26. The van der Waals surface area contributed by atoms with E-state index in [2.05, 4.69) is 10.3 Å². The minimum Gasteiger partial charge on any atom is -0.490 e. The first-order valence-electron chi connectivity index (χ1n) is 12.6. The number of allylic oxidation sites excluding steroid dienone is 1. The van der Waals surface area contributed by atoms with Crippen molar-refractivity contribution in [2.75, 3.05) is 25.6 Å². The number of aromatic nitrogens is 1. The van der Waals surface area contributed by atoms with Crippen molar-refractivity contribution in [2.45, 2.75) is 6.10 Å². The minimum absolute atomic E-state index is 0.108. The molecule has 0 amide bonds. The summed E-state index contributed by atoms with van der Waals surface area (Å²) >= 11 is 0. The van der Waals surface area contributed by atoms with Crippen molar-refractivity contribution in [2.24, 2.45) is 0 Å². The fourth-order valence-electron chi connectivity index (χ4n) is 4.44. The average molecular weight is 538 g/mol. The molecular formula is C31H27N3O6. The molecule has 0 aliphatic rings. The number of para-hydroxylation sites is 1. The van der Waals surface area contributed by atoms with E-state index in [1.807, 2.05) is 42.5 Å². The second-order valence-electron chi connectivity index (χ2n) is 9.16. The molecule has 9 heteroatoms. The van der Waals surface area contributed by atoms with E-state index >= 15 is 0 Å². The number of nitrogens with zero attached hydrogens (tertiary/aromatic N) is 1. The van der Waals surface area contributed by atoms with Crippen LogP contribution >= 0.6 is 0 Å². The number of carbonyl (C=O) groups excluding carboxylic acids is 1. The molecule has 3 N–H and O–H groups in total. The Morgan fingerprint density at radius 1 is 1.02 bits per heavy atom. The number of benzene rings is 4. The lowest BCUT2D eigenvalue weighted by molar-refractivity contribution is -0.385. The third-order valence-electron chi connectivity index (χ3n) is 6.46. The monoisotopic (exact) mass is 537 g/mol. The summed E-state index contributed by atoms with van der Waals surface area (Å²) in [7, 11) is 1.36. The predicted molar refractivity (Wildman–Crippen MR) is 155 cm³/mol. The van der Waals surface area contributed by atoms with Crippen LogP contribution in [0.2, 0.25) is 0 Å². The van der Waals surface area contributed by atoms with Gasteiger partial charge in [0.05, 0.1) is 17.5 Å². The van der Waals surface area contributed by atoms with Crippen LogP contribution in [-0.2, 0) is 0 Å². The van der Waals surface area contributed by atoms with Gasteiger partial charge >= 0.3 is 5.69 Å². The molecule has 4 aromatic carbocycles. The van der Waals surface area contributed by atoms with Gasteiger partial charge in [-0.3, -0.25) is 14.9 Å². The number of aromatic amines is 1. The Hall–Kier alpha value is -5.15. The lowest BCUT2D eigenvalue weighted by atomic mass is 10.1. The lowest BCUT2D eigenvalue weighted by Gasteiger charge is -2.15. The van der Waals surface area contributed by atoms with E-state index in [1.165, 1.54) is 31.4 Å². The van der Waals surface area contributed by atoms with Gasteiger partial charge in [0.2, 0.25) is 0 Å². The summed E-state index contributed by atoms with van der Waals surface area (Å²) in [4.78, 5) is 26.6. The number of nitrogens with one attached hydrogen (secondary N) is 2. The molecule has 1 heterocycles. The Kier molecular flexibility index (Phi) is 7.75. The maximum atomic E-state index is 12.6. The van der Waals surface area contributed by atoms with Gasteiger partial charge in [-0.15, -0.1) is 0 Å². The van der Waals surface area contributed by atoms with Crippen molar-refractivity contribution in [3.05, 3.63) is 112 Å². The van der Waals surface area contributed by atoms with Crippen LogP contribution in [0, 0.1) is 10.1 Å². The highest BCUT2D eigenvalue weighted by atomic mass is 16.6. The summed E-state index contributed by atoms with van der Waals surface area (Å²) in [5, 5.41) is 26.9. The molecular weight excluding hydrogens is 510 g/mol. The molecule has 1 unspecified atom stereocenters. The van der Waals surface area contributed by atoms with Crippen LogP contribution in [0.15, 0.2) is 91.0 Å². The van der Waals surface area contributed by atoms with Gasteiger partial charge < -0.3 is 24.9 Å². The van der Waals surface area contributed by atoms with Crippen LogP contribution in [-0.4, -0.2) is 47.2 Å². The molecule has 0 aliphatic heterocycles. The fourth-order valence-corrected chi connectivity index (χ4v) is 4.44. The molecule has 9 nitrogen and oxygen atoms in total. The molecule has 202 valence electrons. The second kappa shape index (κ2) is 11.7. The summed E-state index contributed by atoms with van der Waals surface area (Å²) in [6, 6.07) is 25.1. The zero-order chi connectivity index (χ0) is 28.1. The molecule has 0 spiro atoms. The first kappa shape index (κ1) is 26.5. The zero-order valence-corrected chi connectivity index (χ0v) is 21.7. The molecule has 0 fully saturated rings. The minimum atomic E-state index is -0.766. The Morgan fingerprint density at radius 2 is 1.80 bits per heavy atom. The van der Waals surface area contributed by atoms with Gasteiger partial charge in [0, 0.05) is 40.2 Å². The van der Waals surface area contributed by atoms with Crippen molar-refractivity contribution in [3.8, 4) is 11.5 Å². The number of nitro benzene ring substituents is 1. The average Bonchev–Trinajstić information content (AvgIpc) is 3.37. The van der Waals surface area contributed by atoms with Gasteiger partial charge in [-0.05, 0) is 60.2 Å². The van der Waals surface area contributed by atoms with E-state index in [9.17, 15) is 20.0 Å². The van der Waals surface area contributed by atoms with Gasteiger partial charge in [0.1, 0.15) is 18.5 Å². The molecule has 40 heavy (non-hydrogen) atoms. The third kappa shape index (κ3) is 5.79. The standard InChI is InChI=1S/C31H27N3O6/c1-39-29-16-10-20(17-27(29)34(37)38)9-15-28(36)21-11-13-22(14-12-21)32-18-23(35)19-40-30-8-4-7-26-31(30)24-5-2-3-6-25(24)33-26/h2-17,23,32-33,35H,18-19H2,1H3/b15-9+. The maximum absolute atomic E-state index is 12.6. The van der Waals surface area contributed by atoms with E-state index in [0.29, 0.717) is 16.9 Å². The summed E-state index contributed by atoms with van der Waals surface area (Å²) < 4.78 is 11.0. The van der Waals surface area contributed by atoms with Gasteiger partial charge in [-0.2, -0.15) is 0 Å². The molecule has 0 bridgehead atoms. The number of carbonyl (C=O) groups is 1. The first-order chi connectivity index (χ1) is 19.4. The number of anilines is 1.